The van der Waals surface area contributed by atoms with Gasteiger partial charge in [-0.3, -0.25) is 0 Å². The van der Waals surface area contributed by atoms with Crippen molar-refractivity contribution >= 4 is 39.0 Å². The molecule has 0 aliphatic heterocycles. The molecule has 1 N–H and O–H groups in total. The number of hydrogen-bond acceptors (Lipinski definition) is 4. The van der Waals surface area contributed by atoms with E-state index >= 15 is 0 Å². The van der Waals surface area contributed by atoms with E-state index in [4.69, 9.17) is 11.6 Å². The van der Waals surface area contributed by atoms with Crippen LogP contribution in [0.3, 0.4) is 0 Å². The Morgan fingerprint density at radius 2 is 2.24 bits per heavy atom. The van der Waals surface area contributed by atoms with E-state index in [0.29, 0.717) is 5.28 Å². The second kappa shape index (κ2) is 5.40. The number of fused-ring (bicyclic) bond motifs is 3. The number of halogens is 1. The predicted octanol–water partition coefficient (Wildman–Crippen LogP) is 4.76. The molecule has 2 aliphatic carbocycles. The summed E-state index contributed by atoms with van der Waals surface area (Å²) >= 11 is 7.80. The van der Waals surface area contributed by atoms with Crippen molar-refractivity contribution in [3.63, 3.8) is 0 Å². The van der Waals surface area contributed by atoms with Gasteiger partial charge < -0.3 is 5.32 Å². The molecule has 3 nitrogen and oxygen atoms in total. The molecule has 2 aromatic heterocycles. The number of hydrogen-bond donors (Lipinski definition) is 1. The molecular formula is C16H20ClN3S. The molecule has 21 heavy (non-hydrogen) atoms. The van der Waals surface area contributed by atoms with Crippen LogP contribution in [0, 0.1) is 17.8 Å². The summed E-state index contributed by atoms with van der Waals surface area (Å²) in [4.78, 5) is 11.1. The molecule has 0 spiro atoms. The molecule has 2 aromatic rings. The Hall–Kier alpha value is -0.870. The zero-order valence-electron chi connectivity index (χ0n) is 12.2. The molecule has 0 radical (unpaired) electrons. The first-order chi connectivity index (χ1) is 10.2. The Bertz CT molecular complexity index is 669. The average molecular weight is 322 g/mol. The van der Waals surface area contributed by atoms with Crippen LogP contribution in [0.2, 0.25) is 5.28 Å². The van der Waals surface area contributed by atoms with Crippen LogP contribution in [-0.4, -0.2) is 16.5 Å². The van der Waals surface area contributed by atoms with Crippen LogP contribution in [-0.2, 0) is 6.42 Å². The second-order valence-corrected chi connectivity index (χ2v) is 7.90. The van der Waals surface area contributed by atoms with Crippen molar-refractivity contribution in [2.45, 2.75) is 39.0 Å². The first-order valence-electron chi connectivity index (χ1n) is 7.92. The van der Waals surface area contributed by atoms with Gasteiger partial charge in [-0.25, -0.2) is 9.97 Å². The molecule has 3 unspecified atom stereocenters. The summed E-state index contributed by atoms with van der Waals surface area (Å²) in [5.41, 5.74) is 0. The van der Waals surface area contributed by atoms with E-state index < -0.39 is 0 Å². The summed E-state index contributed by atoms with van der Waals surface area (Å²) in [6.45, 7) is 3.20. The Balaban J connectivity index is 1.56. The maximum atomic E-state index is 6.08. The highest BCUT2D eigenvalue weighted by atomic mass is 35.5. The van der Waals surface area contributed by atoms with Crippen LogP contribution in [0.1, 0.15) is 37.5 Å². The SMILES string of the molecule is CCc1cc2c(NCC3CC4CCC3C4)nc(Cl)nc2s1. The highest BCUT2D eigenvalue weighted by molar-refractivity contribution is 7.18. The third-order valence-electron chi connectivity index (χ3n) is 5.18. The van der Waals surface area contributed by atoms with Crippen LogP contribution >= 0.6 is 22.9 Å². The van der Waals surface area contributed by atoms with E-state index in [-0.39, 0.29) is 0 Å². The number of aryl methyl sites for hydroxylation is 1. The molecule has 0 saturated heterocycles. The van der Waals surface area contributed by atoms with Gasteiger partial charge in [-0.2, -0.15) is 0 Å². The topological polar surface area (TPSA) is 37.8 Å². The molecule has 0 amide bonds. The minimum atomic E-state index is 0.349. The van der Waals surface area contributed by atoms with E-state index in [2.05, 4.69) is 28.3 Å². The summed E-state index contributed by atoms with van der Waals surface area (Å²) in [6, 6.07) is 2.21. The molecule has 2 heterocycles. The fourth-order valence-corrected chi connectivity index (χ4v) is 5.29. The maximum Gasteiger partial charge on any atom is 0.225 e. The third kappa shape index (κ3) is 2.53. The minimum absolute atomic E-state index is 0.349. The van der Waals surface area contributed by atoms with Crippen molar-refractivity contribution in [3.05, 3.63) is 16.2 Å². The molecule has 5 heteroatoms. The third-order valence-corrected chi connectivity index (χ3v) is 6.52. The van der Waals surface area contributed by atoms with Gasteiger partial charge in [-0.15, -0.1) is 11.3 Å². The number of rotatable bonds is 4. The second-order valence-electron chi connectivity index (χ2n) is 6.44. The first kappa shape index (κ1) is 13.8. The van der Waals surface area contributed by atoms with Crippen molar-refractivity contribution in [2.75, 3.05) is 11.9 Å². The Kier molecular flexibility index (Phi) is 3.54. The van der Waals surface area contributed by atoms with Crippen LogP contribution < -0.4 is 5.32 Å². The van der Waals surface area contributed by atoms with E-state index in [0.717, 1.165) is 46.8 Å². The first-order valence-corrected chi connectivity index (χ1v) is 9.12. The lowest BCUT2D eigenvalue weighted by Crippen LogP contribution is -2.20. The van der Waals surface area contributed by atoms with Gasteiger partial charge >= 0.3 is 0 Å². The van der Waals surface area contributed by atoms with E-state index in [1.54, 1.807) is 11.3 Å². The molecule has 112 valence electrons. The van der Waals surface area contributed by atoms with Crippen molar-refractivity contribution in [1.29, 1.82) is 0 Å². The van der Waals surface area contributed by atoms with Crippen LogP contribution in [0.4, 0.5) is 5.82 Å². The minimum Gasteiger partial charge on any atom is -0.369 e. The lowest BCUT2D eigenvalue weighted by molar-refractivity contribution is 0.348. The largest absolute Gasteiger partial charge is 0.369 e. The molecule has 2 fully saturated rings. The van der Waals surface area contributed by atoms with Crippen molar-refractivity contribution in [1.82, 2.24) is 9.97 Å². The lowest BCUT2D eigenvalue weighted by atomic mass is 9.89. The zero-order valence-corrected chi connectivity index (χ0v) is 13.8. The van der Waals surface area contributed by atoms with Gasteiger partial charge in [0, 0.05) is 11.4 Å². The molecule has 2 bridgehead atoms. The Morgan fingerprint density at radius 3 is 2.95 bits per heavy atom. The Morgan fingerprint density at radius 1 is 1.33 bits per heavy atom. The summed E-state index contributed by atoms with van der Waals surface area (Å²) in [7, 11) is 0. The molecular weight excluding hydrogens is 302 g/mol. The van der Waals surface area contributed by atoms with Crippen molar-refractivity contribution in [3.8, 4) is 0 Å². The monoisotopic (exact) mass is 321 g/mol. The summed E-state index contributed by atoms with van der Waals surface area (Å²) in [5, 5.41) is 5.04. The number of nitrogens with zero attached hydrogens (tertiary/aromatic N) is 2. The summed E-state index contributed by atoms with van der Waals surface area (Å²) < 4.78 is 0. The van der Waals surface area contributed by atoms with Gasteiger partial charge in [0.15, 0.2) is 0 Å². The van der Waals surface area contributed by atoms with Gasteiger partial charge in [0.1, 0.15) is 10.6 Å². The smallest absolute Gasteiger partial charge is 0.225 e. The van der Waals surface area contributed by atoms with Gasteiger partial charge in [-0.05, 0) is 61.1 Å². The molecule has 3 atom stereocenters. The summed E-state index contributed by atoms with van der Waals surface area (Å²) in [6.07, 6.45) is 6.75. The highest BCUT2D eigenvalue weighted by Crippen LogP contribution is 2.48. The highest BCUT2D eigenvalue weighted by Gasteiger charge is 2.39. The zero-order chi connectivity index (χ0) is 14.4. The molecule has 2 aliphatic rings. The van der Waals surface area contributed by atoms with E-state index in [1.807, 2.05) is 0 Å². The fourth-order valence-electron chi connectivity index (χ4n) is 4.11. The number of nitrogens with one attached hydrogen (secondary N) is 1. The fraction of sp³-hybridized carbons (Fsp3) is 0.625. The molecule has 0 aromatic carbocycles. The van der Waals surface area contributed by atoms with Crippen LogP contribution in [0.15, 0.2) is 6.07 Å². The van der Waals surface area contributed by atoms with E-state index in [1.165, 1.54) is 30.6 Å². The predicted molar refractivity (Wildman–Crippen MR) is 89.2 cm³/mol. The summed E-state index contributed by atoms with van der Waals surface area (Å²) in [5.74, 6) is 3.66. The van der Waals surface area contributed by atoms with Gasteiger partial charge in [0.05, 0.1) is 5.39 Å². The van der Waals surface area contributed by atoms with Crippen LogP contribution in [0.25, 0.3) is 10.2 Å². The molecule has 4 rings (SSSR count). The van der Waals surface area contributed by atoms with Gasteiger partial charge in [-0.1, -0.05) is 13.3 Å². The van der Waals surface area contributed by atoms with E-state index in [9.17, 15) is 0 Å². The Labute approximate surface area is 134 Å². The maximum absolute atomic E-state index is 6.08. The average Bonchev–Trinajstić information content (AvgIpc) is 3.18. The lowest BCUT2D eigenvalue weighted by Gasteiger charge is -2.22. The number of thiophene rings is 1. The quantitative estimate of drug-likeness (QED) is 0.825. The standard InChI is InChI=1S/C16H20ClN3S/c1-2-12-7-13-14(19-16(17)20-15(13)21-12)18-8-11-6-9-3-4-10(11)5-9/h7,9-11H,2-6,8H2,1H3,(H,18,19,20). The van der Waals surface area contributed by atoms with Gasteiger partial charge in [0.25, 0.3) is 0 Å². The number of aromatic nitrogens is 2. The van der Waals surface area contributed by atoms with Crippen molar-refractivity contribution < 1.29 is 0 Å². The van der Waals surface area contributed by atoms with Gasteiger partial charge in [0.2, 0.25) is 5.28 Å². The number of anilines is 1. The normalized spacial score (nSPS) is 27.6. The van der Waals surface area contributed by atoms with Crippen molar-refractivity contribution in [2.24, 2.45) is 17.8 Å². The molecule has 2 saturated carbocycles. The van der Waals surface area contributed by atoms with Crippen LogP contribution in [0.5, 0.6) is 0 Å².